The third-order valence-corrected chi connectivity index (χ3v) is 2.96. The molecule has 0 fully saturated rings. The molecule has 0 bridgehead atoms. The van der Waals surface area contributed by atoms with E-state index in [0.29, 0.717) is 19.5 Å². The minimum Gasteiger partial charge on any atom is -0.481 e. The molecular weight excluding hydrogens is 246 g/mol. The molecule has 0 spiro atoms. The number of carbonyl (C=O) groups is 2. The average molecular weight is 273 g/mol. The van der Waals surface area contributed by atoms with Gasteiger partial charge in [-0.05, 0) is 34.4 Å². The zero-order chi connectivity index (χ0) is 15.0. The maximum atomic E-state index is 12.3. The molecule has 1 atom stereocenters. The summed E-state index contributed by atoms with van der Waals surface area (Å²) < 4.78 is 0. The van der Waals surface area contributed by atoms with Crippen molar-refractivity contribution in [1.29, 1.82) is 0 Å². The number of carboxylic acids is 1. The number of urea groups is 1. The first-order valence-electron chi connectivity index (χ1n) is 6.67. The zero-order valence-corrected chi connectivity index (χ0v) is 12.7. The third kappa shape index (κ3) is 7.00. The van der Waals surface area contributed by atoms with E-state index in [1.54, 1.807) is 16.8 Å². The summed E-state index contributed by atoms with van der Waals surface area (Å²) in [5.74, 6) is -0.825. The van der Waals surface area contributed by atoms with Crippen LogP contribution in [0.1, 0.15) is 26.7 Å². The average Bonchev–Trinajstić information content (AvgIpc) is 2.27. The third-order valence-electron chi connectivity index (χ3n) is 2.96. The van der Waals surface area contributed by atoms with Crippen LogP contribution in [-0.4, -0.2) is 78.6 Å². The highest BCUT2D eigenvalue weighted by Gasteiger charge is 2.21. The molecule has 19 heavy (non-hydrogen) atoms. The van der Waals surface area contributed by atoms with Crippen LogP contribution in [0.25, 0.3) is 0 Å². The summed E-state index contributed by atoms with van der Waals surface area (Å²) in [6, 6.07) is 0.0941. The molecule has 0 rings (SSSR count). The number of hydrogen-bond acceptors (Lipinski definition) is 3. The second-order valence-corrected chi connectivity index (χ2v) is 5.10. The fourth-order valence-electron chi connectivity index (χ4n) is 2.04. The molecule has 0 aromatic carbocycles. The van der Waals surface area contributed by atoms with Crippen molar-refractivity contribution in [2.45, 2.75) is 32.7 Å². The van der Waals surface area contributed by atoms with Gasteiger partial charge in [0.1, 0.15) is 0 Å². The van der Waals surface area contributed by atoms with Crippen molar-refractivity contribution in [3.63, 3.8) is 0 Å². The molecule has 1 N–H and O–H groups in total. The van der Waals surface area contributed by atoms with E-state index < -0.39 is 5.97 Å². The number of carbonyl (C=O) groups excluding carboxylic acids is 1. The highest BCUT2D eigenvalue weighted by atomic mass is 16.4. The Hall–Kier alpha value is -1.30. The van der Waals surface area contributed by atoms with E-state index in [2.05, 4.69) is 0 Å². The minimum atomic E-state index is -0.825. The largest absolute Gasteiger partial charge is 0.481 e. The van der Waals surface area contributed by atoms with Gasteiger partial charge < -0.3 is 19.8 Å². The highest BCUT2D eigenvalue weighted by Crippen LogP contribution is 2.06. The normalized spacial score (nSPS) is 12.3. The van der Waals surface area contributed by atoms with Crippen LogP contribution in [0.3, 0.4) is 0 Å². The van der Waals surface area contributed by atoms with E-state index in [4.69, 9.17) is 5.11 Å². The van der Waals surface area contributed by atoms with Crippen LogP contribution >= 0.6 is 0 Å². The Morgan fingerprint density at radius 3 is 2.21 bits per heavy atom. The van der Waals surface area contributed by atoms with Gasteiger partial charge in [0.25, 0.3) is 0 Å². The lowest BCUT2D eigenvalue weighted by atomic mass is 10.2. The molecule has 0 saturated heterocycles. The van der Waals surface area contributed by atoms with Gasteiger partial charge in [0, 0.05) is 39.1 Å². The highest BCUT2D eigenvalue weighted by molar-refractivity contribution is 5.74. The molecule has 0 saturated carbocycles. The summed E-state index contributed by atoms with van der Waals surface area (Å²) in [5.41, 5.74) is 0. The summed E-state index contributed by atoms with van der Waals surface area (Å²) in [6.07, 6.45) is 0.578. The van der Waals surface area contributed by atoms with Crippen LogP contribution in [0.2, 0.25) is 0 Å². The fourth-order valence-corrected chi connectivity index (χ4v) is 2.04. The summed E-state index contributed by atoms with van der Waals surface area (Å²) in [6.45, 7) is 5.90. The number of amides is 2. The van der Waals surface area contributed by atoms with Crippen LogP contribution in [0.15, 0.2) is 0 Å². The quantitative estimate of drug-likeness (QED) is 0.721. The van der Waals surface area contributed by atoms with Gasteiger partial charge in [-0.1, -0.05) is 0 Å². The van der Waals surface area contributed by atoms with Gasteiger partial charge in [-0.25, -0.2) is 4.79 Å². The van der Waals surface area contributed by atoms with Crippen LogP contribution in [0, 0.1) is 0 Å². The summed E-state index contributed by atoms with van der Waals surface area (Å²) in [7, 11) is 5.67. The minimum absolute atomic E-state index is 0.0396. The maximum absolute atomic E-state index is 12.3. The molecule has 0 radical (unpaired) electrons. The summed E-state index contributed by atoms with van der Waals surface area (Å²) in [4.78, 5) is 28.2. The van der Waals surface area contributed by atoms with Gasteiger partial charge in [-0.15, -0.1) is 0 Å². The lowest BCUT2D eigenvalue weighted by Gasteiger charge is -2.33. The van der Waals surface area contributed by atoms with E-state index in [1.807, 2.05) is 32.8 Å². The van der Waals surface area contributed by atoms with Gasteiger partial charge in [-0.2, -0.15) is 0 Å². The standard InChI is InChI=1S/C13H27N3O3/c1-6-16(11(2)10-14(3)4)13(19)15(5)9-7-8-12(17)18/h11H,6-10H2,1-5H3,(H,17,18). The number of rotatable bonds is 8. The Morgan fingerprint density at radius 2 is 1.79 bits per heavy atom. The maximum Gasteiger partial charge on any atom is 0.320 e. The van der Waals surface area contributed by atoms with E-state index >= 15 is 0 Å². The van der Waals surface area contributed by atoms with Gasteiger partial charge in [0.05, 0.1) is 0 Å². The molecule has 6 nitrogen and oxygen atoms in total. The molecular formula is C13H27N3O3. The summed E-state index contributed by atoms with van der Waals surface area (Å²) in [5, 5.41) is 8.59. The van der Waals surface area contributed by atoms with Crippen LogP contribution < -0.4 is 0 Å². The molecule has 0 aromatic heterocycles. The van der Waals surface area contributed by atoms with Gasteiger partial charge in [-0.3, -0.25) is 4.79 Å². The van der Waals surface area contributed by atoms with Crippen molar-refractivity contribution in [1.82, 2.24) is 14.7 Å². The Balaban J connectivity index is 4.35. The van der Waals surface area contributed by atoms with Gasteiger partial charge in [0.2, 0.25) is 0 Å². The number of aliphatic carboxylic acids is 1. The van der Waals surface area contributed by atoms with Crippen molar-refractivity contribution in [3.05, 3.63) is 0 Å². The Bertz CT molecular complexity index is 295. The molecule has 112 valence electrons. The van der Waals surface area contributed by atoms with Crippen molar-refractivity contribution in [2.24, 2.45) is 0 Å². The van der Waals surface area contributed by atoms with E-state index in [9.17, 15) is 9.59 Å². The van der Waals surface area contributed by atoms with Crippen molar-refractivity contribution in [2.75, 3.05) is 40.8 Å². The molecule has 0 heterocycles. The molecule has 1 unspecified atom stereocenters. The van der Waals surface area contributed by atoms with Gasteiger partial charge in [0.15, 0.2) is 0 Å². The Morgan fingerprint density at radius 1 is 1.21 bits per heavy atom. The Kier molecular flexibility index (Phi) is 8.14. The first-order valence-corrected chi connectivity index (χ1v) is 6.67. The molecule has 0 aromatic rings. The number of likely N-dealkylation sites (N-methyl/N-ethyl adjacent to an activating group) is 2. The number of hydrogen-bond donors (Lipinski definition) is 1. The smallest absolute Gasteiger partial charge is 0.320 e. The monoisotopic (exact) mass is 273 g/mol. The topological polar surface area (TPSA) is 64.1 Å². The fraction of sp³-hybridized carbons (Fsp3) is 0.846. The molecule has 0 aliphatic rings. The zero-order valence-electron chi connectivity index (χ0n) is 12.7. The van der Waals surface area contributed by atoms with E-state index in [0.717, 1.165) is 6.54 Å². The molecule has 2 amide bonds. The number of carboxylic acid groups (broad SMARTS) is 1. The lowest BCUT2D eigenvalue weighted by Crippen LogP contribution is -2.49. The van der Waals surface area contributed by atoms with Crippen LogP contribution in [0.4, 0.5) is 4.79 Å². The van der Waals surface area contributed by atoms with Crippen LogP contribution in [-0.2, 0) is 4.79 Å². The lowest BCUT2D eigenvalue weighted by molar-refractivity contribution is -0.137. The second kappa shape index (κ2) is 8.74. The van der Waals surface area contributed by atoms with E-state index in [1.165, 1.54) is 0 Å². The Labute approximate surface area is 116 Å². The first kappa shape index (κ1) is 17.7. The molecule has 0 aliphatic heterocycles. The van der Waals surface area contributed by atoms with Crippen molar-refractivity contribution in [3.8, 4) is 0 Å². The predicted octanol–water partition coefficient (Wildman–Crippen LogP) is 1.18. The second-order valence-electron chi connectivity index (χ2n) is 5.10. The van der Waals surface area contributed by atoms with Crippen molar-refractivity contribution >= 4 is 12.0 Å². The molecule has 6 heteroatoms. The van der Waals surface area contributed by atoms with Crippen molar-refractivity contribution < 1.29 is 14.7 Å². The number of nitrogens with zero attached hydrogens (tertiary/aromatic N) is 3. The van der Waals surface area contributed by atoms with Gasteiger partial charge >= 0.3 is 12.0 Å². The SMILES string of the molecule is CCN(C(=O)N(C)CCCC(=O)O)C(C)CN(C)C. The van der Waals surface area contributed by atoms with E-state index in [-0.39, 0.29) is 18.5 Å². The molecule has 0 aliphatic carbocycles. The predicted molar refractivity (Wildman–Crippen MR) is 75.3 cm³/mol. The van der Waals surface area contributed by atoms with Crippen LogP contribution in [0.5, 0.6) is 0 Å². The summed E-state index contributed by atoms with van der Waals surface area (Å²) >= 11 is 0. The first-order chi connectivity index (χ1) is 8.79.